The standard InChI is InChI=1S/C13H13NO2/c1-2-16-12(15)13(9-14)8-11(13)10-6-4-3-5-7-10/h3-7,11H,2,8H2,1H3. The number of hydrogen-bond acceptors (Lipinski definition) is 3. The van der Waals surface area contributed by atoms with Crippen molar-refractivity contribution in [3.8, 4) is 6.07 Å². The molecule has 3 nitrogen and oxygen atoms in total. The van der Waals surface area contributed by atoms with Crippen LogP contribution in [0.1, 0.15) is 24.8 Å². The zero-order chi connectivity index (χ0) is 11.6. The molecule has 0 N–H and O–H groups in total. The Balaban J connectivity index is 2.19. The van der Waals surface area contributed by atoms with Gasteiger partial charge in [-0.1, -0.05) is 30.3 Å². The average molecular weight is 215 g/mol. The predicted octanol–water partition coefficient (Wildman–Crippen LogP) is 2.25. The van der Waals surface area contributed by atoms with E-state index in [0.29, 0.717) is 13.0 Å². The number of nitriles is 1. The number of benzene rings is 1. The van der Waals surface area contributed by atoms with Crippen molar-refractivity contribution in [1.29, 1.82) is 5.26 Å². The SMILES string of the molecule is CCOC(=O)C1(C#N)CC1c1ccccc1. The lowest BCUT2D eigenvalue weighted by molar-refractivity contribution is -0.147. The van der Waals surface area contributed by atoms with Gasteiger partial charge in [0.15, 0.2) is 5.41 Å². The van der Waals surface area contributed by atoms with Crippen LogP contribution in [0.4, 0.5) is 0 Å². The third kappa shape index (κ3) is 1.57. The number of nitrogens with zero attached hydrogens (tertiary/aromatic N) is 1. The highest BCUT2D eigenvalue weighted by atomic mass is 16.5. The molecule has 2 atom stereocenters. The van der Waals surface area contributed by atoms with Gasteiger partial charge in [-0.05, 0) is 18.9 Å². The van der Waals surface area contributed by atoms with Crippen molar-refractivity contribution in [2.45, 2.75) is 19.3 Å². The maximum absolute atomic E-state index is 11.7. The van der Waals surface area contributed by atoms with Crippen molar-refractivity contribution >= 4 is 5.97 Å². The number of hydrogen-bond donors (Lipinski definition) is 0. The first kappa shape index (κ1) is 10.7. The molecule has 1 aliphatic rings. The fourth-order valence-corrected chi connectivity index (χ4v) is 2.01. The van der Waals surface area contributed by atoms with E-state index >= 15 is 0 Å². The fraction of sp³-hybridized carbons (Fsp3) is 0.385. The zero-order valence-corrected chi connectivity index (χ0v) is 9.14. The number of carbonyl (C=O) groups excluding carboxylic acids is 1. The molecule has 0 heterocycles. The van der Waals surface area contributed by atoms with E-state index < -0.39 is 5.41 Å². The normalized spacial score (nSPS) is 26.9. The molecular weight excluding hydrogens is 202 g/mol. The lowest BCUT2D eigenvalue weighted by Gasteiger charge is -2.07. The Bertz CT molecular complexity index is 435. The van der Waals surface area contributed by atoms with E-state index in [9.17, 15) is 4.79 Å². The Kier molecular flexibility index (Phi) is 2.66. The molecule has 16 heavy (non-hydrogen) atoms. The molecule has 0 spiro atoms. The van der Waals surface area contributed by atoms with Crippen molar-refractivity contribution in [1.82, 2.24) is 0 Å². The van der Waals surface area contributed by atoms with Crippen LogP contribution in [-0.4, -0.2) is 12.6 Å². The maximum atomic E-state index is 11.7. The zero-order valence-electron chi connectivity index (χ0n) is 9.14. The second-order valence-electron chi connectivity index (χ2n) is 3.97. The molecule has 2 rings (SSSR count). The van der Waals surface area contributed by atoms with Gasteiger partial charge in [-0.3, -0.25) is 4.79 Å². The first-order valence-electron chi connectivity index (χ1n) is 5.38. The molecule has 0 bridgehead atoms. The number of carbonyl (C=O) groups is 1. The third-order valence-corrected chi connectivity index (χ3v) is 3.00. The molecule has 1 aromatic rings. The second kappa shape index (κ2) is 3.97. The van der Waals surface area contributed by atoms with Crippen LogP contribution < -0.4 is 0 Å². The molecule has 0 saturated heterocycles. The van der Waals surface area contributed by atoms with E-state index in [-0.39, 0.29) is 11.9 Å². The largest absolute Gasteiger partial charge is 0.465 e. The van der Waals surface area contributed by atoms with Crippen LogP contribution in [0.15, 0.2) is 30.3 Å². The lowest BCUT2D eigenvalue weighted by Crippen LogP contribution is -2.19. The first-order valence-corrected chi connectivity index (χ1v) is 5.38. The highest BCUT2D eigenvalue weighted by Crippen LogP contribution is 2.59. The summed E-state index contributed by atoms with van der Waals surface area (Å²) in [5, 5.41) is 9.13. The van der Waals surface area contributed by atoms with E-state index in [1.165, 1.54) is 0 Å². The number of esters is 1. The van der Waals surface area contributed by atoms with E-state index in [1.807, 2.05) is 30.3 Å². The van der Waals surface area contributed by atoms with E-state index in [0.717, 1.165) is 5.56 Å². The van der Waals surface area contributed by atoms with Gasteiger partial charge in [-0.15, -0.1) is 0 Å². The van der Waals surface area contributed by atoms with E-state index in [4.69, 9.17) is 10.00 Å². The van der Waals surface area contributed by atoms with Crippen LogP contribution in [-0.2, 0) is 9.53 Å². The van der Waals surface area contributed by atoms with E-state index in [2.05, 4.69) is 6.07 Å². The summed E-state index contributed by atoms with van der Waals surface area (Å²) in [5.74, 6) is -0.385. The van der Waals surface area contributed by atoms with E-state index in [1.54, 1.807) is 6.92 Å². The Labute approximate surface area is 94.6 Å². The summed E-state index contributed by atoms with van der Waals surface area (Å²) in [6.07, 6.45) is 0.576. The third-order valence-electron chi connectivity index (χ3n) is 3.00. The van der Waals surface area contributed by atoms with Gasteiger partial charge in [0.1, 0.15) is 0 Å². The minimum atomic E-state index is -0.933. The molecule has 0 amide bonds. The number of ether oxygens (including phenoxy) is 1. The van der Waals surface area contributed by atoms with Gasteiger partial charge in [-0.25, -0.2) is 0 Å². The average Bonchev–Trinajstić information content (AvgIpc) is 3.06. The Hall–Kier alpha value is -1.82. The monoisotopic (exact) mass is 215 g/mol. The molecule has 1 fully saturated rings. The second-order valence-corrected chi connectivity index (χ2v) is 3.97. The molecular formula is C13H13NO2. The van der Waals surface area contributed by atoms with Gasteiger partial charge >= 0.3 is 5.97 Å². The molecule has 82 valence electrons. The summed E-state index contributed by atoms with van der Waals surface area (Å²) >= 11 is 0. The minimum Gasteiger partial charge on any atom is -0.465 e. The first-order chi connectivity index (χ1) is 7.74. The summed E-state index contributed by atoms with van der Waals surface area (Å²) < 4.78 is 4.95. The smallest absolute Gasteiger partial charge is 0.327 e. The number of rotatable bonds is 3. The van der Waals surface area contributed by atoms with Crippen molar-refractivity contribution in [3.63, 3.8) is 0 Å². The molecule has 1 aliphatic carbocycles. The lowest BCUT2D eigenvalue weighted by atomic mass is 10.0. The van der Waals surface area contributed by atoms with Crippen molar-refractivity contribution in [2.24, 2.45) is 5.41 Å². The Morgan fingerprint density at radius 3 is 2.81 bits per heavy atom. The molecule has 0 radical (unpaired) electrons. The van der Waals surface area contributed by atoms with Crippen LogP contribution in [0, 0.1) is 16.7 Å². The summed E-state index contributed by atoms with van der Waals surface area (Å²) in [6, 6.07) is 11.8. The minimum absolute atomic E-state index is 0.00208. The van der Waals surface area contributed by atoms with Crippen LogP contribution in [0.3, 0.4) is 0 Å². The van der Waals surface area contributed by atoms with Crippen molar-refractivity contribution in [3.05, 3.63) is 35.9 Å². The van der Waals surface area contributed by atoms with Gasteiger partial charge in [0, 0.05) is 5.92 Å². The van der Waals surface area contributed by atoms with Crippen LogP contribution in [0.5, 0.6) is 0 Å². The maximum Gasteiger partial charge on any atom is 0.327 e. The fourth-order valence-electron chi connectivity index (χ4n) is 2.01. The molecule has 1 saturated carbocycles. The molecule has 2 unspecified atom stereocenters. The molecule has 0 aromatic heterocycles. The molecule has 1 aromatic carbocycles. The van der Waals surface area contributed by atoms with Gasteiger partial charge < -0.3 is 4.74 Å². The summed E-state index contributed by atoms with van der Waals surface area (Å²) in [7, 11) is 0. The summed E-state index contributed by atoms with van der Waals surface area (Å²) in [6.45, 7) is 2.08. The predicted molar refractivity (Wildman–Crippen MR) is 58.5 cm³/mol. The highest BCUT2D eigenvalue weighted by molar-refractivity contribution is 5.85. The van der Waals surface area contributed by atoms with Gasteiger partial charge in [0.25, 0.3) is 0 Å². The summed E-state index contributed by atoms with van der Waals surface area (Å²) in [4.78, 5) is 11.7. The van der Waals surface area contributed by atoms with Crippen LogP contribution in [0.25, 0.3) is 0 Å². The highest BCUT2D eigenvalue weighted by Gasteiger charge is 2.62. The summed E-state index contributed by atoms with van der Waals surface area (Å²) in [5.41, 5.74) is 0.106. The van der Waals surface area contributed by atoms with Crippen LogP contribution in [0.2, 0.25) is 0 Å². The van der Waals surface area contributed by atoms with Gasteiger partial charge in [0.2, 0.25) is 0 Å². The molecule has 0 aliphatic heterocycles. The van der Waals surface area contributed by atoms with Crippen molar-refractivity contribution < 1.29 is 9.53 Å². The Morgan fingerprint density at radius 1 is 1.56 bits per heavy atom. The van der Waals surface area contributed by atoms with Gasteiger partial charge in [-0.2, -0.15) is 5.26 Å². The van der Waals surface area contributed by atoms with Gasteiger partial charge in [0.05, 0.1) is 12.7 Å². The van der Waals surface area contributed by atoms with Crippen LogP contribution >= 0.6 is 0 Å². The topological polar surface area (TPSA) is 50.1 Å². The Morgan fingerprint density at radius 2 is 2.25 bits per heavy atom. The molecule has 3 heteroatoms. The van der Waals surface area contributed by atoms with Crippen molar-refractivity contribution in [2.75, 3.05) is 6.61 Å². The quantitative estimate of drug-likeness (QED) is 0.726.